The fourth-order valence-electron chi connectivity index (χ4n) is 2.39. The number of anilines is 3. The minimum atomic E-state index is -0.415. The fraction of sp³-hybridized carbons (Fsp3) is 0.0667. The van der Waals surface area contributed by atoms with Crippen LogP contribution in [0.15, 0.2) is 30.5 Å². The van der Waals surface area contributed by atoms with E-state index in [0.717, 1.165) is 16.6 Å². The Labute approximate surface area is 139 Å². The average molecular weight is 340 g/mol. The molecule has 0 saturated heterocycles. The third-order valence-corrected chi connectivity index (χ3v) is 4.51. The summed E-state index contributed by atoms with van der Waals surface area (Å²) in [6.45, 7) is 0. The molecule has 0 aliphatic rings. The maximum atomic E-state index is 11.7. The lowest BCUT2D eigenvalue weighted by molar-refractivity contribution is 0.0606. The molecule has 0 fully saturated rings. The van der Waals surface area contributed by atoms with Crippen LogP contribution in [-0.4, -0.2) is 33.2 Å². The average Bonchev–Trinajstić information content (AvgIpc) is 3.20. The summed E-state index contributed by atoms with van der Waals surface area (Å²) in [6, 6.07) is 7.46. The quantitative estimate of drug-likeness (QED) is 0.490. The number of hydrogen-bond acceptors (Lipinski definition) is 8. The Morgan fingerprint density at radius 1 is 1.33 bits per heavy atom. The highest BCUT2D eigenvalue weighted by Crippen LogP contribution is 2.32. The lowest BCUT2D eigenvalue weighted by Gasteiger charge is -2.07. The second-order valence-electron chi connectivity index (χ2n) is 5.05. The largest absolute Gasteiger partial charge is 0.465 e. The van der Waals surface area contributed by atoms with E-state index in [0.29, 0.717) is 20.9 Å². The molecule has 4 aromatic rings. The number of aromatic amines is 1. The van der Waals surface area contributed by atoms with E-state index in [1.165, 1.54) is 18.4 Å². The Hall–Kier alpha value is -3.20. The molecular formula is C15H12N6O2S. The third-order valence-electron chi connectivity index (χ3n) is 3.50. The highest BCUT2D eigenvalue weighted by Gasteiger charge is 2.16. The number of carbonyl (C=O) groups excluding carboxylic acids is 1. The van der Waals surface area contributed by atoms with Crippen molar-refractivity contribution in [1.29, 1.82) is 0 Å². The first-order chi connectivity index (χ1) is 11.6. The topological polar surface area (TPSA) is 119 Å². The number of H-pyrrole nitrogens is 1. The summed E-state index contributed by atoms with van der Waals surface area (Å²) < 4.78 is 4.75. The van der Waals surface area contributed by atoms with Gasteiger partial charge in [-0.05, 0) is 24.3 Å². The number of ether oxygens (including phenoxy) is 1. The summed E-state index contributed by atoms with van der Waals surface area (Å²) in [5, 5.41) is 11.8. The van der Waals surface area contributed by atoms with Crippen LogP contribution in [-0.2, 0) is 4.74 Å². The lowest BCUT2D eigenvalue weighted by atomic mass is 10.2. The molecule has 3 aromatic heterocycles. The van der Waals surface area contributed by atoms with Gasteiger partial charge in [0.25, 0.3) is 0 Å². The number of fused-ring (bicyclic) bond motifs is 2. The second-order valence-corrected chi connectivity index (χ2v) is 6.08. The van der Waals surface area contributed by atoms with Crippen LogP contribution in [0.1, 0.15) is 9.67 Å². The number of esters is 1. The summed E-state index contributed by atoms with van der Waals surface area (Å²) >= 11 is 1.21. The molecule has 4 rings (SSSR count). The van der Waals surface area contributed by atoms with Crippen LogP contribution in [0.2, 0.25) is 0 Å². The number of nitrogens with zero attached hydrogens (tertiary/aromatic N) is 3. The van der Waals surface area contributed by atoms with E-state index >= 15 is 0 Å². The maximum absolute atomic E-state index is 11.7. The van der Waals surface area contributed by atoms with E-state index in [9.17, 15) is 4.79 Å². The molecule has 0 amide bonds. The van der Waals surface area contributed by atoms with Crippen molar-refractivity contribution in [2.75, 3.05) is 18.2 Å². The van der Waals surface area contributed by atoms with Gasteiger partial charge in [-0.25, -0.2) is 9.78 Å². The van der Waals surface area contributed by atoms with Crippen LogP contribution in [0.3, 0.4) is 0 Å². The highest BCUT2D eigenvalue weighted by atomic mass is 32.1. The number of nitrogens with two attached hydrogens (primary N) is 1. The highest BCUT2D eigenvalue weighted by molar-refractivity contribution is 7.20. The van der Waals surface area contributed by atoms with Crippen molar-refractivity contribution < 1.29 is 9.53 Å². The van der Waals surface area contributed by atoms with Crippen molar-refractivity contribution in [2.45, 2.75) is 0 Å². The molecule has 0 aliphatic heterocycles. The molecule has 0 radical (unpaired) electrons. The van der Waals surface area contributed by atoms with E-state index < -0.39 is 5.97 Å². The number of benzene rings is 1. The van der Waals surface area contributed by atoms with Gasteiger partial charge in [0.1, 0.15) is 15.5 Å². The smallest absolute Gasteiger partial charge is 0.348 e. The zero-order chi connectivity index (χ0) is 16.7. The summed E-state index contributed by atoms with van der Waals surface area (Å²) in [5.41, 5.74) is 7.55. The maximum Gasteiger partial charge on any atom is 0.348 e. The van der Waals surface area contributed by atoms with E-state index in [1.54, 1.807) is 12.3 Å². The number of nitrogens with one attached hydrogen (secondary N) is 2. The molecule has 0 atom stereocenters. The Kier molecular flexibility index (Phi) is 3.28. The molecule has 0 aliphatic carbocycles. The number of hydrogen-bond donors (Lipinski definition) is 3. The molecule has 0 spiro atoms. The molecule has 8 nitrogen and oxygen atoms in total. The second kappa shape index (κ2) is 5.46. The number of thiophene rings is 1. The van der Waals surface area contributed by atoms with Gasteiger partial charge in [0.15, 0.2) is 0 Å². The van der Waals surface area contributed by atoms with Crippen LogP contribution in [0.4, 0.5) is 17.5 Å². The Bertz CT molecular complexity index is 1070. The minimum Gasteiger partial charge on any atom is -0.465 e. The predicted octanol–water partition coefficient (Wildman–Crippen LogP) is 2.68. The Balaban J connectivity index is 1.79. The third kappa shape index (κ3) is 2.40. The molecular weight excluding hydrogens is 328 g/mol. The summed E-state index contributed by atoms with van der Waals surface area (Å²) in [5.74, 6) is 0.252. The van der Waals surface area contributed by atoms with Gasteiger partial charge in [0.05, 0.1) is 24.2 Å². The van der Waals surface area contributed by atoms with Gasteiger partial charge in [-0.1, -0.05) is 0 Å². The predicted molar refractivity (Wildman–Crippen MR) is 92.5 cm³/mol. The number of nitrogen functional groups attached to an aromatic ring is 1. The Morgan fingerprint density at radius 2 is 2.21 bits per heavy atom. The van der Waals surface area contributed by atoms with E-state index in [1.807, 2.05) is 18.2 Å². The fourth-order valence-corrected chi connectivity index (χ4v) is 3.35. The van der Waals surface area contributed by atoms with Crippen molar-refractivity contribution in [3.05, 3.63) is 35.3 Å². The van der Waals surface area contributed by atoms with Gasteiger partial charge in [0.2, 0.25) is 5.95 Å². The zero-order valence-electron chi connectivity index (χ0n) is 12.5. The molecule has 0 bridgehead atoms. The van der Waals surface area contributed by atoms with Crippen molar-refractivity contribution in [3.8, 4) is 0 Å². The molecule has 24 heavy (non-hydrogen) atoms. The van der Waals surface area contributed by atoms with Crippen LogP contribution < -0.4 is 11.1 Å². The number of carbonyl (C=O) groups is 1. The first-order valence-electron chi connectivity index (χ1n) is 6.99. The van der Waals surface area contributed by atoms with Gasteiger partial charge in [-0.3, -0.25) is 5.10 Å². The van der Waals surface area contributed by atoms with Crippen molar-refractivity contribution >= 4 is 55.9 Å². The van der Waals surface area contributed by atoms with Crippen LogP contribution >= 0.6 is 11.3 Å². The van der Waals surface area contributed by atoms with Gasteiger partial charge in [-0.15, -0.1) is 11.3 Å². The normalized spacial score (nSPS) is 11.0. The molecule has 1 aromatic carbocycles. The molecule has 0 unspecified atom stereocenters. The molecule has 0 saturated carbocycles. The van der Waals surface area contributed by atoms with Gasteiger partial charge in [-0.2, -0.15) is 10.1 Å². The molecule has 9 heteroatoms. The van der Waals surface area contributed by atoms with Crippen LogP contribution in [0, 0.1) is 0 Å². The standard InChI is InChI=1S/C15H12N6O2S/c1-23-14(22)11-5-9-12(19-15(16)20-13(9)24-11)18-8-2-3-10-7(4-8)6-17-21-10/h2-6H,1H3,(H,17,21)(H3,16,18,19,20). The van der Waals surface area contributed by atoms with E-state index in [4.69, 9.17) is 10.5 Å². The SMILES string of the molecule is COC(=O)c1cc2c(Nc3ccc4[nH]ncc4c3)nc(N)nc2s1. The van der Waals surface area contributed by atoms with Crippen molar-refractivity contribution in [3.63, 3.8) is 0 Å². The van der Waals surface area contributed by atoms with Crippen molar-refractivity contribution in [2.24, 2.45) is 0 Å². The zero-order valence-corrected chi connectivity index (χ0v) is 13.3. The van der Waals surface area contributed by atoms with Crippen molar-refractivity contribution in [1.82, 2.24) is 20.2 Å². The van der Waals surface area contributed by atoms with Gasteiger partial charge < -0.3 is 15.8 Å². The number of methoxy groups -OCH3 is 1. The first kappa shape index (κ1) is 14.4. The van der Waals surface area contributed by atoms with E-state index in [2.05, 4.69) is 25.5 Å². The summed E-state index contributed by atoms with van der Waals surface area (Å²) in [6.07, 6.45) is 1.74. The molecule has 3 heterocycles. The minimum absolute atomic E-state index is 0.132. The van der Waals surface area contributed by atoms with Crippen LogP contribution in [0.25, 0.3) is 21.1 Å². The summed E-state index contributed by atoms with van der Waals surface area (Å²) in [7, 11) is 1.34. The lowest BCUT2D eigenvalue weighted by Crippen LogP contribution is -2.00. The van der Waals surface area contributed by atoms with Gasteiger partial charge >= 0.3 is 5.97 Å². The number of aromatic nitrogens is 4. The van der Waals surface area contributed by atoms with Crippen LogP contribution in [0.5, 0.6) is 0 Å². The molecule has 4 N–H and O–H groups in total. The summed E-state index contributed by atoms with van der Waals surface area (Å²) in [4.78, 5) is 21.2. The van der Waals surface area contributed by atoms with Gasteiger partial charge in [0, 0.05) is 11.1 Å². The molecule has 120 valence electrons. The van der Waals surface area contributed by atoms with E-state index in [-0.39, 0.29) is 5.95 Å². The Morgan fingerprint density at radius 3 is 3.04 bits per heavy atom. The monoisotopic (exact) mass is 340 g/mol. The first-order valence-corrected chi connectivity index (χ1v) is 7.81. The number of rotatable bonds is 3.